The Morgan fingerprint density at radius 3 is 2.35 bits per heavy atom. The van der Waals surface area contributed by atoms with Gasteiger partial charge in [0.1, 0.15) is 5.00 Å². The third-order valence-corrected chi connectivity index (χ3v) is 5.80. The van der Waals surface area contributed by atoms with E-state index < -0.39 is 11.9 Å². The summed E-state index contributed by atoms with van der Waals surface area (Å²) in [7, 11) is 0. The molecule has 1 aliphatic rings. The molecule has 26 heavy (non-hydrogen) atoms. The van der Waals surface area contributed by atoms with Crippen molar-refractivity contribution in [2.75, 3.05) is 31.6 Å². The van der Waals surface area contributed by atoms with E-state index in [1.54, 1.807) is 13.8 Å². The van der Waals surface area contributed by atoms with Crippen molar-refractivity contribution < 1.29 is 24.0 Å². The first-order chi connectivity index (χ1) is 12.4. The Kier molecular flexibility index (Phi) is 7.59. The van der Waals surface area contributed by atoms with Crippen LogP contribution >= 0.6 is 11.3 Å². The molecule has 0 atom stereocenters. The summed E-state index contributed by atoms with van der Waals surface area (Å²) in [5.74, 6) is -1.33. The van der Waals surface area contributed by atoms with Crippen molar-refractivity contribution in [3.8, 4) is 0 Å². The van der Waals surface area contributed by atoms with Gasteiger partial charge in [0.25, 0.3) is 11.8 Å². The highest BCUT2D eigenvalue weighted by Gasteiger charge is 2.26. The Bertz CT molecular complexity index is 664. The monoisotopic (exact) mass is 382 g/mol. The molecule has 1 aromatic rings. The topological polar surface area (TPSA) is 103 Å². The first kappa shape index (κ1) is 20.4. The highest BCUT2D eigenvalue weighted by atomic mass is 32.1. The number of rotatable bonds is 6. The molecule has 144 valence electrons. The van der Waals surface area contributed by atoms with Crippen molar-refractivity contribution in [2.24, 2.45) is 5.73 Å². The number of anilines is 1. The summed E-state index contributed by atoms with van der Waals surface area (Å²) in [5, 5.41) is 3.14. The number of quaternary nitrogens is 1. The smallest absolute Gasteiger partial charge is 0.341 e. The number of likely N-dealkylation sites (tertiary alicyclic amines) is 1. The molecule has 0 unspecified atom stereocenters. The van der Waals surface area contributed by atoms with Crippen LogP contribution in [0.2, 0.25) is 0 Å². The minimum Gasteiger partial charge on any atom is -0.462 e. The largest absolute Gasteiger partial charge is 0.462 e. The Labute approximate surface area is 157 Å². The van der Waals surface area contributed by atoms with Gasteiger partial charge >= 0.3 is 5.97 Å². The van der Waals surface area contributed by atoms with Crippen molar-refractivity contribution in [1.29, 1.82) is 0 Å². The lowest BCUT2D eigenvalue weighted by Gasteiger charge is -2.21. The van der Waals surface area contributed by atoms with Crippen molar-refractivity contribution in [2.45, 2.75) is 46.0 Å². The zero-order chi connectivity index (χ0) is 19.1. The van der Waals surface area contributed by atoms with Crippen LogP contribution in [0.3, 0.4) is 0 Å². The standard InChI is InChI=1S/C18H27N3O4S/c1-3-25-18(24)14-12(2)15(16(19)23)26-17(14)20-13(22)11-21-9-7-5-4-6-8-10-21/h3-11H2,1-2H3,(H2,19,23)(H,20,22)/p+1. The number of hydrogen-bond acceptors (Lipinski definition) is 5. The Hall–Kier alpha value is -1.93. The number of carbonyl (C=O) groups excluding carboxylic acids is 3. The second-order valence-corrected chi connectivity index (χ2v) is 7.61. The number of ether oxygens (including phenoxy) is 1. The minimum atomic E-state index is -0.618. The van der Waals surface area contributed by atoms with E-state index in [1.807, 2.05) is 0 Å². The van der Waals surface area contributed by atoms with Gasteiger partial charge in [-0.05, 0) is 45.1 Å². The van der Waals surface area contributed by atoms with Crippen LogP contribution in [-0.2, 0) is 9.53 Å². The predicted octanol–water partition coefficient (Wildman–Crippen LogP) is 1.12. The molecule has 0 radical (unpaired) electrons. The van der Waals surface area contributed by atoms with Gasteiger partial charge in [-0.25, -0.2) is 4.79 Å². The lowest BCUT2D eigenvalue weighted by molar-refractivity contribution is -0.892. The molecule has 4 N–H and O–H groups in total. The molecule has 0 saturated carbocycles. The van der Waals surface area contributed by atoms with Crippen LogP contribution in [0, 0.1) is 6.92 Å². The van der Waals surface area contributed by atoms with Crippen molar-refractivity contribution >= 4 is 34.1 Å². The number of thiophene rings is 1. The van der Waals surface area contributed by atoms with Crippen molar-refractivity contribution in [3.05, 3.63) is 16.0 Å². The van der Waals surface area contributed by atoms with Crippen LogP contribution in [0.1, 0.15) is 64.6 Å². The molecule has 2 rings (SSSR count). The third kappa shape index (κ3) is 5.28. The van der Waals surface area contributed by atoms with E-state index in [4.69, 9.17) is 10.5 Å². The lowest BCUT2D eigenvalue weighted by Crippen LogP contribution is -3.13. The molecule has 2 heterocycles. The molecule has 1 fully saturated rings. The van der Waals surface area contributed by atoms with Crippen molar-refractivity contribution in [3.63, 3.8) is 0 Å². The predicted molar refractivity (Wildman–Crippen MR) is 101 cm³/mol. The molecule has 0 aliphatic carbocycles. The van der Waals surface area contributed by atoms with Crippen LogP contribution in [0.15, 0.2) is 0 Å². The van der Waals surface area contributed by atoms with E-state index in [0.717, 1.165) is 37.3 Å². The number of carbonyl (C=O) groups is 3. The summed E-state index contributed by atoms with van der Waals surface area (Å²) >= 11 is 1.03. The highest BCUT2D eigenvalue weighted by molar-refractivity contribution is 7.18. The molecule has 7 nitrogen and oxygen atoms in total. The molecule has 0 bridgehead atoms. The average molecular weight is 383 g/mol. The maximum absolute atomic E-state index is 12.5. The number of amides is 2. The van der Waals surface area contributed by atoms with Gasteiger partial charge in [-0.1, -0.05) is 6.42 Å². The van der Waals surface area contributed by atoms with E-state index in [9.17, 15) is 14.4 Å². The number of primary amides is 1. The van der Waals surface area contributed by atoms with E-state index >= 15 is 0 Å². The van der Waals surface area contributed by atoms with Crippen LogP contribution in [0.5, 0.6) is 0 Å². The highest BCUT2D eigenvalue weighted by Crippen LogP contribution is 2.33. The maximum atomic E-state index is 12.5. The zero-order valence-electron chi connectivity index (χ0n) is 15.5. The summed E-state index contributed by atoms with van der Waals surface area (Å²) in [6.07, 6.45) is 5.95. The fourth-order valence-corrected chi connectivity index (χ4v) is 4.33. The number of hydrogen-bond donors (Lipinski definition) is 3. The Morgan fingerprint density at radius 1 is 1.15 bits per heavy atom. The molecule has 8 heteroatoms. The van der Waals surface area contributed by atoms with Gasteiger partial charge in [0, 0.05) is 0 Å². The van der Waals surface area contributed by atoms with Crippen LogP contribution in [-0.4, -0.2) is 44.0 Å². The van der Waals surface area contributed by atoms with Gasteiger partial charge in [-0.2, -0.15) is 0 Å². The molecule has 0 aromatic carbocycles. The number of nitrogens with two attached hydrogens (primary N) is 1. The Balaban J connectivity index is 2.13. The molecular formula is C18H28N3O4S+. The fourth-order valence-electron chi connectivity index (χ4n) is 3.27. The molecule has 0 spiro atoms. The van der Waals surface area contributed by atoms with E-state index in [-0.39, 0.29) is 23.0 Å². The normalized spacial score (nSPS) is 15.8. The van der Waals surface area contributed by atoms with Gasteiger partial charge in [0.2, 0.25) is 0 Å². The van der Waals surface area contributed by atoms with E-state index in [2.05, 4.69) is 5.32 Å². The zero-order valence-corrected chi connectivity index (χ0v) is 16.3. The van der Waals surface area contributed by atoms with Crippen LogP contribution in [0.25, 0.3) is 0 Å². The minimum absolute atomic E-state index is 0.164. The van der Waals surface area contributed by atoms with Gasteiger partial charge in [-0.3, -0.25) is 9.59 Å². The fraction of sp³-hybridized carbons (Fsp3) is 0.611. The number of esters is 1. The summed E-state index contributed by atoms with van der Waals surface area (Å²) in [4.78, 5) is 37.9. The lowest BCUT2D eigenvalue weighted by atomic mass is 10.1. The van der Waals surface area contributed by atoms with Gasteiger partial charge in [0.15, 0.2) is 6.54 Å². The first-order valence-corrected chi connectivity index (χ1v) is 9.99. The second-order valence-electron chi connectivity index (χ2n) is 6.59. The van der Waals surface area contributed by atoms with E-state index in [0.29, 0.717) is 17.1 Å². The second kappa shape index (κ2) is 9.68. The molecule has 2 amide bonds. The van der Waals surface area contributed by atoms with Crippen molar-refractivity contribution in [1.82, 2.24) is 0 Å². The summed E-state index contributed by atoms with van der Waals surface area (Å²) < 4.78 is 5.06. The summed E-state index contributed by atoms with van der Waals surface area (Å²) in [5.41, 5.74) is 6.06. The molecule has 1 aromatic heterocycles. The quantitative estimate of drug-likeness (QED) is 0.642. The molecule has 1 saturated heterocycles. The summed E-state index contributed by atoms with van der Waals surface area (Å²) in [6.45, 7) is 5.87. The average Bonchev–Trinajstić information content (AvgIpc) is 2.86. The number of nitrogens with one attached hydrogen (secondary N) is 2. The van der Waals surface area contributed by atoms with Gasteiger partial charge in [0.05, 0.1) is 30.1 Å². The Morgan fingerprint density at radius 2 is 1.77 bits per heavy atom. The molecular weight excluding hydrogens is 354 g/mol. The van der Waals surface area contributed by atoms with Gasteiger partial charge < -0.3 is 20.7 Å². The SMILES string of the molecule is CCOC(=O)c1c(NC(=O)C[NH+]2CCCCCCC2)sc(C(N)=O)c1C. The third-order valence-electron chi connectivity index (χ3n) is 4.57. The maximum Gasteiger partial charge on any atom is 0.341 e. The first-order valence-electron chi connectivity index (χ1n) is 9.17. The molecule has 1 aliphatic heterocycles. The van der Waals surface area contributed by atoms with Gasteiger partial charge in [-0.15, -0.1) is 11.3 Å². The summed E-state index contributed by atoms with van der Waals surface area (Å²) in [6, 6.07) is 0. The van der Waals surface area contributed by atoms with E-state index in [1.165, 1.54) is 24.2 Å². The van der Waals surface area contributed by atoms with Crippen LogP contribution < -0.4 is 16.0 Å². The van der Waals surface area contributed by atoms with Crippen LogP contribution in [0.4, 0.5) is 5.00 Å².